The van der Waals surface area contributed by atoms with Crippen LogP contribution in [0.25, 0.3) is 0 Å². The van der Waals surface area contributed by atoms with Crippen LogP contribution in [0.1, 0.15) is 27.9 Å². The number of nitrogens with zero attached hydrogens (tertiary/aromatic N) is 2. The molecule has 1 heterocycles. The molecule has 2 N–H and O–H groups in total. The molecule has 1 amide bonds. The Bertz CT molecular complexity index is 465. The first kappa shape index (κ1) is 15.0. The number of rotatable bonds is 4. The summed E-state index contributed by atoms with van der Waals surface area (Å²) in [5, 5.41) is 0. The third-order valence-corrected chi connectivity index (χ3v) is 4.17. The molecule has 0 aliphatic carbocycles. The van der Waals surface area contributed by atoms with Gasteiger partial charge in [0.1, 0.15) is 0 Å². The van der Waals surface area contributed by atoms with Crippen molar-refractivity contribution in [2.24, 2.45) is 5.73 Å². The van der Waals surface area contributed by atoms with Crippen LogP contribution in [0.2, 0.25) is 0 Å². The molecule has 1 fully saturated rings. The van der Waals surface area contributed by atoms with Gasteiger partial charge in [0.05, 0.1) is 0 Å². The number of amides is 1. The smallest absolute Gasteiger partial charge is 0.254 e. The van der Waals surface area contributed by atoms with Crippen LogP contribution in [-0.2, 0) is 0 Å². The van der Waals surface area contributed by atoms with Gasteiger partial charge in [-0.1, -0.05) is 12.1 Å². The van der Waals surface area contributed by atoms with Gasteiger partial charge in [-0.3, -0.25) is 9.69 Å². The van der Waals surface area contributed by atoms with Gasteiger partial charge >= 0.3 is 0 Å². The van der Waals surface area contributed by atoms with Gasteiger partial charge in [-0.2, -0.15) is 0 Å². The number of hydrogen-bond donors (Lipinski definition) is 1. The van der Waals surface area contributed by atoms with E-state index in [-0.39, 0.29) is 5.91 Å². The standard InChI is InChI=1S/C16H25N3O/c1-13-5-3-6-15(14(13)2)16(20)19-11-9-18(10-12-19)8-4-7-17/h3,5-6H,4,7-12,17H2,1-2H3. The molecule has 0 bridgehead atoms. The Labute approximate surface area is 121 Å². The maximum absolute atomic E-state index is 12.6. The first-order valence-electron chi connectivity index (χ1n) is 7.41. The largest absolute Gasteiger partial charge is 0.336 e. The third-order valence-electron chi connectivity index (χ3n) is 4.17. The maximum atomic E-state index is 12.6. The summed E-state index contributed by atoms with van der Waals surface area (Å²) >= 11 is 0. The summed E-state index contributed by atoms with van der Waals surface area (Å²) in [5.41, 5.74) is 8.66. The van der Waals surface area contributed by atoms with Crippen LogP contribution in [0.15, 0.2) is 18.2 Å². The van der Waals surface area contributed by atoms with Gasteiger partial charge in [0.25, 0.3) is 5.91 Å². The van der Waals surface area contributed by atoms with Crippen LogP contribution in [-0.4, -0.2) is 55.0 Å². The second-order valence-electron chi connectivity index (χ2n) is 5.52. The molecular formula is C16H25N3O. The van der Waals surface area contributed by atoms with E-state index in [2.05, 4.69) is 17.9 Å². The average Bonchev–Trinajstić information content (AvgIpc) is 2.48. The summed E-state index contributed by atoms with van der Waals surface area (Å²) in [7, 11) is 0. The average molecular weight is 275 g/mol. The second-order valence-corrected chi connectivity index (χ2v) is 5.52. The Morgan fingerprint density at radius 1 is 1.20 bits per heavy atom. The molecule has 0 radical (unpaired) electrons. The predicted molar refractivity (Wildman–Crippen MR) is 81.9 cm³/mol. The summed E-state index contributed by atoms with van der Waals surface area (Å²) in [6, 6.07) is 5.95. The topological polar surface area (TPSA) is 49.6 Å². The molecule has 0 aromatic heterocycles. The minimum absolute atomic E-state index is 0.171. The number of nitrogens with two attached hydrogens (primary N) is 1. The van der Waals surface area contributed by atoms with Gasteiger partial charge in [-0.05, 0) is 50.6 Å². The molecule has 2 rings (SSSR count). The van der Waals surface area contributed by atoms with Crippen LogP contribution in [0, 0.1) is 13.8 Å². The van der Waals surface area contributed by atoms with Crippen molar-refractivity contribution in [1.29, 1.82) is 0 Å². The Morgan fingerprint density at radius 2 is 1.90 bits per heavy atom. The molecule has 20 heavy (non-hydrogen) atoms. The van der Waals surface area contributed by atoms with Crippen molar-refractivity contribution in [3.63, 3.8) is 0 Å². The molecule has 0 unspecified atom stereocenters. The molecule has 1 aliphatic rings. The molecule has 0 atom stereocenters. The van der Waals surface area contributed by atoms with E-state index < -0.39 is 0 Å². The molecule has 4 heteroatoms. The lowest BCUT2D eigenvalue weighted by atomic mass is 10.0. The van der Waals surface area contributed by atoms with Crippen molar-refractivity contribution in [3.05, 3.63) is 34.9 Å². The fourth-order valence-electron chi connectivity index (χ4n) is 2.64. The van der Waals surface area contributed by atoms with Crippen LogP contribution in [0.3, 0.4) is 0 Å². The Balaban J connectivity index is 1.96. The molecule has 110 valence electrons. The molecule has 4 nitrogen and oxygen atoms in total. The minimum Gasteiger partial charge on any atom is -0.336 e. The van der Waals surface area contributed by atoms with Crippen molar-refractivity contribution in [1.82, 2.24) is 9.80 Å². The monoisotopic (exact) mass is 275 g/mol. The maximum Gasteiger partial charge on any atom is 0.254 e. The van der Waals surface area contributed by atoms with Gasteiger partial charge in [0.2, 0.25) is 0 Å². The number of benzene rings is 1. The third kappa shape index (κ3) is 3.38. The molecule has 0 spiro atoms. The normalized spacial score (nSPS) is 16.4. The van der Waals surface area contributed by atoms with Crippen molar-refractivity contribution >= 4 is 5.91 Å². The zero-order valence-electron chi connectivity index (χ0n) is 12.6. The lowest BCUT2D eigenvalue weighted by Gasteiger charge is -2.35. The molecule has 1 aromatic carbocycles. The molecule has 1 saturated heterocycles. The summed E-state index contributed by atoms with van der Waals surface area (Å²) < 4.78 is 0. The second kappa shape index (κ2) is 6.86. The van der Waals surface area contributed by atoms with Gasteiger partial charge in [-0.25, -0.2) is 0 Å². The van der Waals surface area contributed by atoms with Gasteiger partial charge < -0.3 is 10.6 Å². The lowest BCUT2D eigenvalue weighted by molar-refractivity contribution is 0.0636. The van der Waals surface area contributed by atoms with Gasteiger partial charge in [-0.15, -0.1) is 0 Å². The quantitative estimate of drug-likeness (QED) is 0.904. The Morgan fingerprint density at radius 3 is 2.55 bits per heavy atom. The fourth-order valence-corrected chi connectivity index (χ4v) is 2.64. The van der Waals surface area contributed by atoms with Crippen LogP contribution in [0.4, 0.5) is 0 Å². The van der Waals surface area contributed by atoms with Crippen LogP contribution in [0.5, 0.6) is 0 Å². The lowest BCUT2D eigenvalue weighted by Crippen LogP contribution is -2.49. The van der Waals surface area contributed by atoms with Crippen LogP contribution < -0.4 is 5.73 Å². The van der Waals surface area contributed by atoms with E-state index in [1.807, 2.05) is 24.0 Å². The Hall–Kier alpha value is -1.39. The number of hydrogen-bond acceptors (Lipinski definition) is 3. The summed E-state index contributed by atoms with van der Waals surface area (Å²) in [6.07, 6.45) is 1.03. The SMILES string of the molecule is Cc1cccc(C(=O)N2CCN(CCCN)CC2)c1C. The number of piperazine rings is 1. The highest BCUT2D eigenvalue weighted by atomic mass is 16.2. The van der Waals surface area contributed by atoms with E-state index in [1.54, 1.807) is 0 Å². The van der Waals surface area contributed by atoms with Crippen molar-refractivity contribution in [2.75, 3.05) is 39.3 Å². The van der Waals surface area contributed by atoms with Crippen LogP contribution >= 0.6 is 0 Å². The number of aryl methyl sites for hydroxylation is 1. The summed E-state index contributed by atoms with van der Waals surface area (Å²) in [5.74, 6) is 0.171. The molecule has 0 saturated carbocycles. The van der Waals surface area contributed by atoms with Gasteiger partial charge in [0.15, 0.2) is 0 Å². The highest BCUT2D eigenvalue weighted by Gasteiger charge is 2.22. The highest BCUT2D eigenvalue weighted by Crippen LogP contribution is 2.16. The number of carbonyl (C=O) groups excluding carboxylic acids is 1. The van der Waals surface area contributed by atoms with Crippen molar-refractivity contribution in [3.8, 4) is 0 Å². The summed E-state index contributed by atoms with van der Waals surface area (Å²) in [6.45, 7) is 9.40. The van der Waals surface area contributed by atoms with E-state index in [4.69, 9.17) is 5.73 Å². The van der Waals surface area contributed by atoms with E-state index >= 15 is 0 Å². The highest BCUT2D eigenvalue weighted by molar-refractivity contribution is 5.96. The first-order chi connectivity index (χ1) is 9.63. The zero-order chi connectivity index (χ0) is 14.5. The molecule has 1 aromatic rings. The van der Waals surface area contributed by atoms with Gasteiger partial charge in [0, 0.05) is 31.7 Å². The van der Waals surface area contributed by atoms with E-state index in [0.717, 1.165) is 56.8 Å². The predicted octanol–water partition coefficient (Wildman–Crippen LogP) is 1.41. The summed E-state index contributed by atoms with van der Waals surface area (Å²) in [4.78, 5) is 16.9. The molecular weight excluding hydrogens is 250 g/mol. The van der Waals surface area contributed by atoms with E-state index in [0.29, 0.717) is 0 Å². The first-order valence-corrected chi connectivity index (χ1v) is 7.41. The zero-order valence-corrected chi connectivity index (χ0v) is 12.6. The minimum atomic E-state index is 0.171. The number of carbonyl (C=O) groups is 1. The van der Waals surface area contributed by atoms with E-state index in [9.17, 15) is 4.79 Å². The molecule has 1 aliphatic heterocycles. The van der Waals surface area contributed by atoms with Crippen molar-refractivity contribution < 1.29 is 4.79 Å². The van der Waals surface area contributed by atoms with Crippen molar-refractivity contribution in [2.45, 2.75) is 20.3 Å². The Kier molecular flexibility index (Phi) is 5.15. The fraction of sp³-hybridized carbons (Fsp3) is 0.562. The van der Waals surface area contributed by atoms with E-state index in [1.165, 1.54) is 5.56 Å².